The molecule has 0 saturated carbocycles. The predicted octanol–water partition coefficient (Wildman–Crippen LogP) is 1.89. The van der Waals surface area contributed by atoms with E-state index in [1.54, 1.807) is 0 Å². The highest BCUT2D eigenvalue weighted by atomic mass is 14.8. The van der Waals surface area contributed by atoms with Crippen molar-refractivity contribution in [1.82, 2.24) is 5.32 Å². The first kappa shape index (κ1) is 7.29. The summed E-state index contributed by atoms with van der Waals surface area (Å²) in [5.74, 6) is 0. The molecule has 0 aliphatic rings. The summed E-state index contributed by atoms with van der Waals surface area (Å²) >= 11 is 0. The first-order valence-electron chi connectivity index (χ1n) is 3.31. The Hall–Kier alpha value is -0.820. The van der Waals surface area contributed by atoms with Gasteiger partial charge in [0.1, 0.15) is 0 Å². The second-order valence-corrected chi connectivity index (χ2v) is 2.31. The maximum Gasteiger partial charge on any atom is 0.00577 e. The minimum absolute atomic E-state index is 0.729. The Bertz CT molecular complexity index is 206. The Morgan fingerprint density at radius 1 is 1.40 bits per heavy atom. The van der Waals surface area contributed by atoms with Crippen LogP contribution in [0.4, 0.5) is 0 Å². The number of hydrogen-bond donors (Lipinski definition) is 0. The zero-order chi connectivity index (χ0) is 7.40. The van der Waals surface area contributed by atoms with Crippen molar-refractivity contribution < 1.29 is 0 Å². The monoisotopic (exact) mass is 133 g/mol. The first-order chi connectivity index (χ1) is 4.84. The van der Waals surface area contributed by atoms with Gasteiger partial charge < -0.3 is 5.32 Å². The molecule has 0 heterocycles. The molecule has 0 N–H and O–H groups in total. The molecule has 0 atom stereocenters. The van der Waals surface area contributed by atoms with Gasteiger partial charge in [-0.05, 0) is 18.1 Å². The number of benzene rings is 1. The number of nitrogens with zero attached hydrogens (tertiary/aromatic N) is 1. The van der Waals surface area contributed by atoms with Gasteiger partial charge in [-0.25, -0.2) is 0 Å². The van der Waals surface area contributed by atoms with E-state index in [0.717, 1.165) is 6.54 Å². The van der Waals surface area contributed by atoms with E-state index in [9.17, 15) is 0 Å². The van der Waals surface area contributed by atoms with Gasteiger partial charge in [0.25, 0.3) is 0 Å². The average molecular weight is 133 g/mol. The van der Waals surface area contributed by atoms with Crippen LogP contribution in [0, 0.1) is 14.0 Å². The molecule has 0 unspecified atom stereocenters. The van der Waals surface area contributed by atoms with E-state index in [1.165, 1.54) is 11.1 Å². The van der Waals surface area contributed by atoms with Crippen molar-refractivity contribution in [2.24, 2.45) is 0 Å². The highest BCUT2D eigenvalue weighted by Crippen LogP contribution is 2.05. The molecular weight excluding hydrogens is 122 g/mol. The van der Waals surface area contributed by atoms with Crippen LogP contribution in [0.1, 0.15) is 11.1 Å². The molecule has 53 valence electrons. The molecule has 0 aliphatic heterocycles. The molecule has 0 bridgehead atoms. The third-order valence-corrected chi connectivity index (χ3v) is 1.54. The third kappa shape index (κ3) is 1.58. The summed E-state index contributed by atoms with van der Waals surface area (Å²) < 4.78 is 0. The van der Waals surface area contributed by atoms with Crippen molar-refractivity contribution in [1.29, 1.82) is 0 Å². The van der Waals surface area contributed by atoms with Crippen LogP contribution in [0.15, 0.2) is 24.3 Å². The Balaban J connectivity index is 2.81. The third-order valence-electron chi connectivity index (χ3n) is 1.54. The Morgan fingerprint density at radius 3 is 2.70 bits per heavy atom. The van der Waals surface area contributed by atoms with Gasteiger partial charge in [-0.15, -0.1) is 0 Å². The lowest BCUT2D eigenvalue weighted by molar-refractivity contribution is 0.841. The predicted molar refractivity (Wildman–Crippen MR) is 42.4 cm³/mol. The fraction of sp³-hybridized carbons (Fsp3) is 0.222. The Kier molecular flexibility index (Phi) is 2.46. The van der Waals surface area contributed by atoms with Crippen LogP contribution in [0.3, 0.4) is 0 Å². The summed E-state index contributed by atoms with van der Waals surface area (Å²) in [6.07, 6.45) is 0. The molecule has 10 heavy (non-hydrogen) atoms. The number of hydrogen-bond acceptors (Lipinski definition) is 0. The normalized spacial score (nSPS) is 9.80. The van der Waals surface area contributed by atoms with Gasteiger partial charge in [-0.1, -0.05) is 24.3 Å². The average Bonchev–Trinajstić information content (AvgIpc) is 1.94. The van der Waals surface area contributed by atoms with Gasteiger partial charge in [0.2, 0.25) is 0 Å². The molecule has 0 saturated heterocycles. The summed E-state index contributed by atoms with van der Waals surface area (Å²) in [6, 6.07) is 8.21. The van der Waals surface area contributed by atoms with Gasteiger partial charge >= 0.3 is 0 Å². The van der Waals surface area contributed by atoms with E-state index >= 15 is 0 Å². The Morgan fingerprint density at radius 2 is 2.10 bits per heavy atom. The van der Waals surface area contributed by atoms with Crippen molar-refractivity contribution in [2.75, 3.05) is 0 Å². The SMILES string of the molecule is [CH2-][N]Cc1ccccc1C. The molecule has 0 aromatic heterocycles. The summed E-state index contributed by atoms with van der Waals surface area (Å²) in [5.41, 5.74) is 2.55. The van der Waals surface area contributed by atoms with Crippen LogP contribution in [-0.4, -0.2) is 0 Å². The lowest BCUT2D eigenvalue weighted by atomic mass is 10.1. The van der Waals surface area contributed by atoms with E-state index in [2.05, 4.69) is 31.4 Å². The van der Waals surface area contributed by atoms with Gasteiger partial charge in [-0.2, -0.15) is 0 Å². The topological polar surface area (TPSA) is 14.1 Å². The van der Waals surface area contributed by atoms with Crippen molar-refractivity contribution >= 4 is 0 Å². The van der Waals surface area contributed by atoms with Crippen LogP contribution in [0.2, 0.25) is 0 Å². The molecule has 0 spiro atoms. The number of rotatable bonds is 2. The maximum atomic E-state index is 3.82. The van der Waals surface area contributed by atoms with Gasteiger partial charge in [0.15, 0.2) is 0 Å². The summed E-state index contributed by atoms with van der Waals surface area (Å²) in [5, 5.41) is 3.82. The molecule has 0 aliphatic carbocycles. The van der Waals surface area contributed by atoms with E-state index < -0.39 is 0 Å². The molecule has 1 heteroatoms. The van der Waals surface area contributed by atoms with Crippen molar-refractivity contribution in [2.45, 2.75) is 13.5 Å². The first-order valence-corrected chi connectivity index (χ1v) is 3.31. The molecule has 0 amide bonds. The molecule has 1 radical (unpaired) electrons. The maximum absolute atomic E-state index is 3.82. The lowest BCUT2D eigenvalue weighted by Gasteiger charge is -2.05. The van der Waals surface area contributed by atoms with Crippen LogP contribution in [-0.2, 0) is 6.54 Å². The summed E-state index contributed by atoms with van der Waals surface area (Å²) in [4.78, 5) is 0. The van der Waals surface area contributed by atoms with Gasteiger partial charge in [-0.3, -0.25) is 7.05 Å². The molecule has 1 nitrogen and oxygen atoms in total. The molecule has 1 aromatic rings. The zero-order valence-electron chi connectivity index (χ0n) is 6.17. The summed E-state index contributed by atoms with van der Waals surface area (Å²) in [7, 11) is 3.45. The molecule has 1 rings (SSSR count). The second-order valence-electron chi connectivity index (χ2n) is 2.31. The van der Waals surface area contributed by atoms with E-state index in [-0.39, 0.29) is 0 Å². The van der Waals surface area contributed by atoms with Crippen LogP contribution < -0.4 is 5.32 Å². The van der Waals surface area contributed by atoms with Crippen LogP contribution in [0.5, 0.6) is 0 Å². The molecule has 1 aromatic carbocycles. The number of aryl methyl sites for hydroxylation is 1. The zero-order valence-corrected chi connectivity index (χ0v) is 6.17. The van der Waals surface area contributed by atoms with E-state index in [4.69, 9.17) is 0 Å². The molecular formula is C9H11N-. The highest BCUT2D eigenvalue weighted by Gasteiger charge is 1.90. The van der Waals surface area contributed by atoms with Gasteiger partial charge in [0, 0.05) is 6.54 Å². The standard InChI is InChI=1S/C9H11N/c1-8-5-3-4-6-9(8)7-10-2/h3-6H,2,7H2,1H3/q-1. The minimum atomic E-state index is 0.729. The Labute approximate surface area is 62.1 Å². The lowest BCUT2D eigenvalue weighted by Crippen LogP contribution is -1.96. The quantitative estimate of drug-likeness (QED) is 0.547. The largest absolute Gasteiger partial charge is 0.420 e. The smallest absolute Gasteiger partial charge is 0.00577 e. The fourth-order valence-electron chi connectivity index (χ4n) is 0.908. The highest BCUT2D eigenvalue weighted by molar-refractivity contribution is 5.25. The summed E-state index contributed by atoms with van der Waals surface area (Å²) in [6.45, 7) is 2.81. The van der Waals surface area contributed by atoms with E-state index in [1.807, 2.05) is 12.1 Å². The van der Waals surface area contributed by atoms with Crippen molar-refractivity contribution in [3.63, 3.8) is 0 Å². The van der Waals surface area contributed by atoms with Crippen LogP contribution >= 0.6 is 0 Å². The van der Waals surface area contributed by atoms with E-state index in [0.29, 0.717) is 0 Å². The second kappa shape index (κ2) is 3.37. The minimum Gasteiger partial charge on any atom is -0.420 e. The molecule has 0 fully saturated rings. The van der Waals surface area contributed by atoms with Crippen molar-refractivity contribution in [3.8, 4) is 0 Å². The fourth-order valence-corrected chi connectivity index (χ4v) is 0.908. The van der Waals surface area contributed by atoms with Crippen molar-refractivity contribution in [3.05, 3.63) is 42.4 Å². The van der Waals surface area contributed by atoms with Gasteiger partial charge in [0.05, 0.1) is 0 Å². The van der Waals surface area contributed by atoms with Crippen LogP contribution in [0.25, 0.3) is 0 Å².